The molecule has 0 radical (unpaired) electrons. The Bertz CT molecular complexity index is 251. The highest BCUT2D eigenvalue weighted by Crippen LogP contribution is 2.10. The number of aromatic nitrogens is 2. The lowest BCUT2D eigenvalue weighted by Gasteiger charge is -2.22. The summed E-state index contributed by atoms with van der Waals surface area (Å²) in [6, 6.07) is 0. The lowest BCUT2D eigenvalue weighted by Crippen LogP contribution is -2.37. The molecule has 1 aliphatic heterocycles. The molecular weight excluding hydrogens is 202 g/mol. The van der Waals surface area contributed by atoms with Crippen molar-refractivity contribution in [1.82, 2.24) is 15.3 Å². The van der Waals surface area contributed by atoms with Gasteiger partial charge in [0, 0.05) is 18.9 Å². The maximum Gasteiger partial charge on any atom is 0.232 e. The van der Waals surface area contributed by atoms with Crippen molar-refractivity contribution in [3.63, 3.8) is 0 Å². The molecule has 1 saturated heterocycles. The first-order valence-corrected chi connectivity index (χ1v) is 4.58. The molecule has 0 aromatic carbocycles. The van der Waals surface area contributed by atoms with Crippen LogP contribution in [0.2, 0.25) is 0 Å². The summed E-state index contributed by atoms with van der Waals surface area (Å²) in [5, 5.41) is 3.28. The van der Waals surface area contributed by atoms with E-state index in [1.54, 1.807) is 18.6 Å². The standard InChI is InChI=1S/C9H13N3O.ClH/c1-2-8(6-10-3-1)13-9-7-11-4-5-12-9;/h4-5,7-8,10H,1-3,6H2;1H/t8-;/m0./s1. The number of ether oxygens (including phenoxy) is 1. The van der Waals surface area contributed by atoms with Crippen LogP contribution >= 0.6 is 12.4 Å². The molecular formula is C9H14ClN3O. The summed E-state index contributed by atoms with van der Waals surface area (Å²) in [6.45, 7) is 2.01. The average molecular weight is 216 g/mol. The Morgan fingerprint density at radius 2 is 2.36 bits per heavy atom. The summed E-state index contributed by atoms with van der Waals surface area (Å²) in [4.78, 5) is 8.00. The fourth-order valence-electron chi connectivity index (χ4n) is 1.44. The SMILES string of the molecule is Cl.c1cnc(O[C@H]2CCCNC2)cn1. The molecule has 0 bridgehead atoms. The molecule has 1 aromatic rings. The monoisotopic (exact) mass is 215 g/mol. The van der Waals surface area contributed by atoms with Crippen LogP contribution in [0.1, 0.15) is 12.8 Å². The lowest BCUT2D eigenvalue weighted by atomic mass is 10.1. The first-order chi connectivity index (χ1) is 6.45. The van der Waals surface area contributed by atoms with Crippen LogP contribution in [0.4, 0.5) is 0 Å². The molecule has 0 aliphatic carbocycles. The molecule has 0 saturated carbocycles. The van der Waals surface area contributed by atoms with Gasteiger partial charge in [0.15, 0.2) is 0 Å². The van der Waals surface area contributed by atoms with E-state index in [2.05, 4.69) is 15.3 Å². The first kappa shape index (κ1) is 11.2. The van der Waals surface area contributed by atoms with Crippen LogP contribution in [0.3, 0.4) is 0 Å². The van der Waals surface area contributed by atoms with E-state index in [9.17, 15) is 0 Å². The molecule has 14 heavy (non-hydrogen) atoms. The molecule has 0 amide bonds. The fourth-order valence-corrected chi connectivity index (χ4v) is 1.44. The van der Waals surface area contributed by atoms with Gasteiger partial charge < -0.3 is 10.1 Å². The summed E-state index contributed by atoms with van der Waals surface area (Å²) < 4.78 is 5.62. The number of halogens is 1. The highest BCUT2D eigenvalue weighted by Gasteiger charge is 2.14. The minimum absolute atomic E-state index is 0. The summed E-state index contributed by atoms with van der Waals surface area (Å²) >= 11 is 0. The Morgan fingerprint density at radius 1 is 1.43 bits per heavy atom. The van der Waals surface area contributed by atoms with Gasteiger partial charge in [0.25, 0.3) is 0 Å². The van der Waals surface area contributed by atoms with Gasteiger partial charge in [-0.1, -0.05) is 0 Å². The van der Waals surface area contributed by atoms with Gasteiger partial charge in [0.05, 0.1) is 6.20 Å². The van der Waals surface area contributed by atoms with Gasteiger partial charge in [-0.3, -0.25) is 4.98 Å². The molecule has 1 N–H and O–H groups in total. The fraction of sp³-hybridized carbons (Fsp3) is 0.556. The van der Waals surface area contributed by atoms with Crippen LogP contribution in [0, 0.1) is 0 Å². The summed E-state index contributed by atoms with van der Waals surface area (Å²) in [6.07, 6.45) is 7.46. The first-order valence-electron chi connectivity index (χ1n) is 4.58. The van der Waals surface area contributed by atoms with Crippen LogP contribution in [0.5, 0.6) is 5.88 Å². The number of nitrogens with zero attached hydrogens (tertiary/aromatic N) is 2. The molecule has 2 heterocycles. The predicted molar refractivity (Wildman–Crippen MR) is 55.8 cm³/mol. The quantitative estimate of drug-likeness (QED) is 0.801. The summed E-state index contributed by atoms with van der Waals surface area (Å²) in [5.74, 6) is 0.621. The van der Waals surface area contributed by atoms with E-state index in [-0.39, 0.29) is 18.5 Å². The third kappa shape index (κ3) is 3.12. The highest BCUT2D eigenvalue weighted by molar-refractivity contribution is 5.85. The zero-order valence-corrected chi connectivity index (χ0v) is 8.67. The Hall–Kier alpha value is -0.870. The Morgan fingerprint density at radius 3 is 3.00 bits per heavy atom. The smallest absolute Gasteiger partial charge is 0.232 e. The second-order valence-corrected chi connectivity index (χ2v) is 3.13. The Kier molecular flexibility index (Phi) is 4.62. The molecule has 1 aliphatic rings. The van der Waals surface area contributed by atoms with Gasteiger partial charge in [-0.2, -0.15) is 0 Å². The van der Waals surface area contributed by atoms with E-state index in [1.165, 1.54) is 6.42 Å². The van der Waals surface area contributed by atoms with Crippen LogP contribution in [-0.2, 0) is 0 Å². The van der Waals surface area contributed by atoms with Crippen molar-refractivity contribution in [2.45, 2.75) is 18.9 Å². The normalized spacial score (nSPS) is 21.0. The molecule has 4 nitrogen and oxygen atoms in total. The zero-order chi connectivity index (χ0) is 8.93. The van der Waals surface area contributed by atoms with Crippen LogP contribution in [0.25, 0.3) is 0 Å². The predicted octanol–water partition coefficient (Wildman–Crippen LogP) is 1.03. The van der Waals surface area contributed by atoms with Crippen LogP contribution < -0.4 is 10.1 Å². The van der Waals surface area contributed by atoms with E-state index in [0.717, 1.165) is 19.5 Å². The van der Waals surface area contributed by atoms with Gasteiger partial charge in [-0.15, -0.1) is 12.4 Å². The number of hydrogen-bond acceptors (Lipinski definition) is 4. The number of hydrogen-bond donors (Lipinski definition) is 1. The highest BCUT2D eigenvalue weighted by atomic mass is 35.5. The molecule has 5 heteroatoms. The second-order valence-electron chi connectivity index (χ2n) is 3.13. The van der Waals surface area contributed by atoms with Crippen molar-refractivity contribution in [3.8, 4) is 5.88 Å². The summed E-state index contributed by atoms with van der Waals surface area (Å²) in [7, 11) is 0. The molecule has 2 rings (SSSR count). The van der Waals surface area contributed by atoms with Crippen molar-refractivity contribution < 1.29 is 4.74 Å². The summed E-state index contributed by atoms with van der Waals surface area (Å²) in [5.41, 5.74) is 0. The van der Waals surface area contributed by atoms with Gasteiger partial charge >= 0.3 is 0 Å². The Balaban J connectivity index is 0.000000980. The maximum atomic E-state index is 5.62. The van der Waals surface area contributed by atoms with Gasteiger partial charge in [-0.25, -0.2) is 4.98 Å². The maximum absolute atomic E-state index is 5.62. The van der Waals surface area contributed by atoms with E-state index < -0.39 is 0 Å². The van der Waals surface area contributed by atoms with Crippen LogP contribution in [-0.4, -0.2) is 29.2 Å². The third-order valence-electron chi connectivity index (χ3n) is 2.08. The molecule has 0 spiro atoms. The van der Waals surface area contributed by atoms with E-state index in [4.69, 9.17) is 4.74 Å². The third-order valence-corrected chi connectivity index (χ3v) is 2.08. The molecule has 1 fully saturated rings. The van der Waals surface area contributed by atoms with E-state index >= 15 is 0 Å². The van der Waals surface area contributed by atoms with Crippen molar-refractivity contribution >= 4 is 12.4 Å². The zero-order valence-electron chi connectivity index (χ0n) is 7.85. The van der Waals surface area contributed by atoms with E-state index in [0.29, 0.717) is 5.88 Å². The van der Waals surface area contributed by atoms with Gasteiger partial charge in [0.2, 0.25) is 5.88 Å². The number of nitrogens with one attached hydrogen (secondary N) is 1. The van der Waals surface area contributed by atoms with Crippen molar-refractivity contribution in [2.75, 3.05) is 13.1 Å². The van der Waals surface area contributed by atoms with Gasteiger partial charge in [-0.05, 0) is 19.4 Å². The van der Waals surface area contributed by atoms with Crippen LogP contribution in [0.15, 0.2) is 18.6 Å². The molecule has 1 aromatic heterocycles. The molecule has 78 valence electrons. The minimum atomic E-state index is 0. The topological polar surface area (TPSA) is 47.0 Å². The minimum Gasteiger partial charge on any atom is -0.472 e. The lowest BCUT2D eigenvalue weighted by molar-refractivity contribution is 0.160. The second kappa shape index (κ2) is 5.78. The van der Waals surface area contributed by atoms with Crippen molar-refractivity contribution in [2.24, 2.45) is 0 Å². The van der Waals surface area contributed by atoms with Crippen molar-refractivity contribution in [3.05, 3.63) is 18.6 Å². The molecule has 1 atom stereocenters. The number of rotatable bonds is 2. The largest absolute Gasteiger partial charge is 0.472 e. The van der Waals surface area contributed by atoms with E-state index in [1.807, 2.05) is 0 Å². The van der Waals surface area contributed by atoms with Crippen molar-refractivity contribution in [1.29, 1.82) is 0 Å². The molecule has 0 unspecified atom stereocenters. The van der Waals surface area contributed by atoms with Gasteiger partial charge in [0.1, 0.15) is 6.10 Å². The number of piperidine rings is 1. The Labute approximate surface area is 89.5 Å². The average Bonchev–Trinajstić information content (AvgIpc) is 2.21.